The van der Waals surface area contributed by atoms with E-state index in [1.807, 2.05) is 0 Å². The van der Waals surface area contributed by atoms with Gasteiger partial charge in [0.2, 0.25) is 5.88 Å². The summed E-state index contributed by atoms with van der Waals surface area (Å²) in [6, 6.07) is 0. The molecule has 0 unspecified atom stereocenters. The summed E-state index contributed by atoms with van der Waals surface area (Å²) in [5.74, 6) is 6.43. The zero-order chi connectivity index (χ0) is 13.3. The van der Waals surface area contributed by atoms with E-state index in [2.05, 4.69) is 27.1 Å². The van der Waals surface area contributed by atoms with Crippen molar-refractivity contribution in [1.29, 1.82) is 0 Å². The van der Waals surface area contributed by atoms with Gasteiger partial charge in [-0.3, -0.25) is 4.98 Å². The minimum Gasteiger partial charge on any atom is -0.473 e. The number of piperidine rings is 1. The molecule has 1 fully saturated rings. The fourth-order valence-electron chi connectivity index (χ4n) is 1.87. The van der Waals surface area contributed by atoms with Crippen molar-refractivity contribution in [1.82, 2.24) is 15.3 Å². The number of rotatable bonds is 4. The van der Waals surface area contributed by atoms with E-state index in [1.54, 1.807) is 12.4 Å². The highest BCUT2D eigenvalue weighted by Crippen LogP contribution is 2.13. The van der Waals surface area contributed by atoms with Crippen LogP contribution in [0.25, 0.3) is 0 Å². The molecule has 0 aliphatic carbocycles. The number of nitrogens with zero attached hydrogens (tertiary/aromatic N) is 2. The highest BCUT2D eigenvalue weighted by atomic mass is 16.5. The quantitative estimate of drug-likeness (QED) is 0.618. The number of hydrogen-bond donors (Lipinski definition) is 2. The maximum Gasteiger partial charge on any atom is 0.233 e. The summed E-state index contributed by atoms with van der Waals surface area (Å²) in [5.41, 5.74) is 0.615. The predicted octanol–water partition coefficient (Wildman–Crippen LogP) is 0.731. The van der Waals surface area contributed by atoms with Crippen molar-refractivity contribution in [3.63, 3.8) is 0 Å². The molecular formula is C14H19N3O2. The first-order valence-electron chi connectivity index (χ1n) is 6.67. The summed E-state index contributed by atoms with van der Waals surface area (Å²) < 4.78 is 5.80. The second-order valence-corrected chi connectivity index (χ2v) is 4.44. The van der Waals surface area contributed by atoms with Gasteiger partial charge in [0.15, 0.2) is 0 Å². The standard InChI is InChI=1S/C14H19N3O2/c18-9-3-1-2-4-12-10-16-11-14(17-12)19-13-5-7-15-8-6-13/h10-11,13,15,18H,1,3,5-9H2. The molecule has 2 N–H and O–H groups in total. The Kier molecular flexibility index (Phi) is 5.60. The van der Waals surface area contributed by atoms with E-state index in [4.69, 9.17) is 9.84 Å². The number of aromatic nitrogens is 2. The second-order valence-electron chi connectivity index (χ2n) is 4.44. The highest BCUT2D eigenvalue weighted by molar-refractivity contribution is 5.26. The average Bonchev–Trinajstić information content (AvgIpc) is 2.45. The molecule has 0 aromatic carbocycles. The number of nitrogens with one attached hydrogen (secondary N) is 1. The molecule has 2 rings (SSSR count). The molecule has 2 heterocycles. The lowest BCUT2D eigenvalue weighted by Crippen LogP contribution is -2.34. The molecule has 0 atom stereocenters. The lowest BCUT2D eigenvalue weighted by Gasteiger charge is -2.22. The van der Waals surface area contributed by atoms with Crippen LogP contribution in [0.5, 0.6) is 5.88 Å². The number of hydrogen-bond acceptors (Lipinski definition) is 5. The fourth-order valence-corrected chi connectivity index (χ4v) is 1.87. The molecule has 0 spiro atoms. The lowest BCUT2D eigenvalue weighted by molar-refractivity contribution is 0.155. The summed E-state index contributed by atoms with van der Waals surface area (Å²) in [5, 5.41) is 12.0. The fraction of sp³-hybridized carbons (Fsp3) is 0.571. The summed E-state index contributed by atoms with van der Waals surface area (Å²) in [4.78, 5) is 8.42. The van der Waals surface area contributed by atoms with Gasteiger partial charge in [-0.05, 0) is 38.3 Å². The largest absolute Gasteiger partial charge is 0.473 e. The molecule has 1 aromatic heterocycles. The van der Waals surface area contributed by atoms with Crippen molar-refractivity contribution in [2.24, 2.45) is 0 Å². The van der Waals surface area contributed by atoms with Gasteiger partial charge in [-0.25, -0.2) is 4.98 Å². The first-order valence-corrected chi connectivity index (χ1v) is 6.67. The van der Waals surface area contributed by atoms with Crippen molar-refractivity contribution < 1.29 is 9.84 Å². The van der Waals surface area contributed by atoms with E-state index in [0.29, 0.717) is 24.4 Å². The van der Waals surface area contributed by atoms with E-state index in [0.717, 1.165) is 25.9 Å². The van der Waals surface area contributed by atoms with Crippen LogP contribution in [0.3, 0.4) is 0 Å². The minimum absolute atomic E-state index is 0.166. The maximum absolute atomic E-state index is 8.67. The van der Waals surface area contributed by atoms with Gasteiger partial charge >= 0.3 is 0 Å². The van der Waals surface area contributed by atoms with Crippen LogP contribution in [-0.4, -0.2) is 40.9 Å². The average molecular weight is 261 g/mol. The van der Waals surface area contributed by atoms with Gasteiger partial charge in [-0.1, -0.05) is 5.92 Å². The normalized spacial score (nSPS) is 15.6. The Morgan fingerprint density at radius 2 is 2.21 bits per heavy atom. The second kappa shape index (κ2) is 7.72. The Labute approximate surface area is 113 Å². The van der Waals surface area contributed by atoms with E-state index in [1.165, 1.54) is 0 Å². The Hall–Kier alpha value is -1.64. The number of aliphatic hydroxyl groups is 1. The van der Waals surface area contributed by atoms with Crippen molar-refractivity contribution in [2.75, 3.05) is 19.7 Å². The molecule has 5 heteroatoms. The van der Waals surface area contributed by atoms with Crippen LogP contribution in [-0.2, 0) is 0 Å². The molecule has 1 aromatic rings. The minimum atomic E-state index is 0.166. The molecule has 0 saturated carbocycles. The van der Waals surface area contributed by atoms with E-state index < -0.39 is 0 Å². The molecule has 0 radical (unpaired) electrons. The van der Waals surface area contributed by atoms with E-state index >= 15 is 0 Å². The van der Waals surface area contributed by atoms with Crippen LogP contribution in [0, 0.1) is 11.8 Å². The van der Waals surface area contributed by atoms with Crippen molar-refractivity contribution in [2.45, 2.75) is 31.8 Å². The molecule has 0 bridgehead atoms. The molecule has 0 amide bonds. The molecule has 1 saturated heterocycles. The topological polar surface area (TPSA) is 67.3 Å². The summed E-state index contributed by atoms with van der Waals surface area (Å²) >= 11 is 0. The Bertz CT molecular complexity index is 447. The van der Waals surface area contributed by atoms with Gasteiger partial charge in [0.1, 0.15) is 11.8 Å². The van der Waals surface area contributed by atoms with Crippen LogP contribution in [0.2, 0.25) is 0 Å². The lowest BCUT2D eigenvalue weighted by atomic mass is 10.1. The van der Waals surface area contributed by atoms with Gasteiger partial charge < -0.3 is 15.2 Å². The third-order valence-corrected chi connectivity index (χ3v) is 2.86. The molecule has 5 nitrogen and oxygen atoms in total. The van der Waals surface area contributed by atoms with Crippen molar-refractivity contribution in [3.8, 4) is 17.7 Å². The van der Waals surface area contributed by atoms with Crippen LogP contribution < -0.4 is 10.1 Å². The zero-order valence-corrected chi connectivity index (χ0v) is 10.9. The molecule has 102 valence electrons. The Morgan fingerprint density at radius 3 is 3.00 bits per heavy atom. The van der Waals surface area contributed by atoms with Crippen LogP contribution in [0.1, 0.15) is 31.4 Å². The number of unbranched alkanes of at least 4 members (excludes halogenated alkanes) is 1. The van der Waals surface area contributed by atoms with Gasteiger partial charge in [0.25, 0.3) is 0 Å². The summed E-state index contributed by atoms with van der Waals surface area (Å²) in [6.07, 6.45) is 6.81. The number of aliphatic hydroxyl groups excluding tert-OH is 1. The van der Waals surface area contributed by atoms with Gasteiger partial charge in [0, 0.05) is 13.0 Å². The highest BCUT2D eigenvalue weighted by Gasteiger charge is 2.15. The predicted molar refractivity (Wildman–Crippen MR) is 71.7 cm³/mol. The molecule has 1 aliphatic heterocycles. The van der Waals surface area contributed by atoms with Crippen LogP contribution >= 0.6 is 0 Å². The van der Waals surface area contributed by atoms with Crippen LogP contribution in [0.15, 0.2) is 12.4 Å². The first-order chi connectivity index (χ1) is 9.38. The van der Waals surface area contributed by atoms with Crippen molar-refractivity contribution in [3.05, 3.63) is 18.1 Å². The van der Waals surface area contributed by atoms with E-state index in [-0.39, 0.29) is 12.7 Å². The van der Waals surface area contributed by atoms with Gasteiger partial charge in [-0.2, -0.15) is 0 Å². The SMILES string of the molecule is OCCCC#Cc1cncc(OC2CCNCC2)n1. The third-order valence-electron chi connectivity index (χ3n) is 2.86. The zero-order valence-electron chi connectivity index (χ0n) is 10.9. The first kappa shape index (κ1) is 13.8. The van der Waals surface area contributed by atoms with E-state index in [9.17, 15) is 0 Å². The maximum atomic E-state index is 8.67. The van der Waals surface area contributed by atoms with Crippen molar-refractivity contribution >= 4 is 0 Å². The third kappa shape index (κ3) is 4.86. The summed E-state index contributed by atoms with van der Waals surface area (Å²) in [7, 11) is 0. The molecular weight excluding hydrogens is 242 g/mol. The smallest absolute Gasteiger partial charge is 0.233 e. The Morgan fingerprint density at radius 1 is 1.37 bits per heavy atom. The molecule has 1 aliphatic rings. The van der Waals surface area contributed by atoms with Gasteiger partial charge in [0.05, 0.1) is 12.4 Å². The molecule has 19 heavy (non-hydrogen) atoms. The summed E-state index contributed by atoms with van der Waals surface area (Å²) in [6.45, 7) is 2.14. The van der Waals surface area contributed by atoms with Gasteiger partial charge in [-0.15, -0.1) is 0 Å². The van der Waals surface area contributed by atoms with Crippen LogP contribution in [0.4, 0.5) is 0 Å². The Balaban J connectivity index is 1.91. The number of ether oxygens (including phenoxy) is 1. The monoisotopic (exact) mass is 261 g/mol.